The van der Waals surface area contributed by atoms with Crippen molar-refractivity contribution in [2.45, 2.75) is 38.9 Å². The van der Waals surface area contributed by atoms with Crippen molar-refractivity contribution in [3.05, 3.63) is 29.7 Å². The summed E-state index contributed by atoms with van der Waals surface area (Å²) >= 11 is 0. The van der Waals surface area contributed by atoms with E-state index in [0.717, 1.165) is 69.0 Å². The molecule has 0 aromatic carbocycles. The molecule has 4 rings (SSSR count). The Bertz CT molecular complexity index is 736. The van der Waals surface area contributed by atoms with Gasteiger partial charge in [-0.3, -0.25) is 9.89 Å². The van der Waals surface area contributed by atoms with E-state index in [2.05, 4.69) is 40.0 Å². The first kappa shape index (κ1) is 20.1. The van der Waals surface area contributed by atoms with E-state index in [4.69, 9.17) is 4.52 Å². The SMILES string of the molecule is CN=C(NCc1nnc2n1CCCC2)N1CCN(Cc2ccon2)CC1.I. The van der Waals surface area contributed by atoms with Crippen LogP contribution in [0.5, 0.6) is 0 Å². The van der Waals surface area contributed by atoms with Crippen LogP contribution in [0.25, 0.3) is 0 Å². The third-order valence-corrected chi connectivity index (χ3v) is 5.10. The molecule has 2 aromatic rings. The highest BCUT2D eigenvalue weighted by Crippen LogP contribution is 2.14. The van der Waals surface area contributed by atoms with Crippen LogP contribution in [0.2, 0.25) is 0 Å². The monoisotopic (exact) mass is 486 g/mol. The Morgan fingerprint density at radius 2 is 2.04 bits per heavy atom. The summed E-state index contributed by atoms with van der Waals surface area (Å²) in [4.78, 5) is 9.14. The van der Waals surface area contributed by atoms with Gasteiger partial charge in [0.05, 0.1) is 12.2 Å². The zero-order chi connectivity index (χ0) is 17.8. The minimum absolute atomic E-state index is 0. The minimum atomic E-state index is 0. The van der Waals surface area contributed by atoms with Gasteiger partial charge in [-0.2, -0.15) is 0 Å². The van der Waals surface area contributed by atoms with E-state index in [0.29, 0.717) is 6.54 Å². The number of rotatable bonds is 4. The molecule has 9 nitrogen and oxygen atoms in total. The first-order valence-corrected chi connectivity index (χ1v) is 9.31. The Hall–Kier alpha value is -1.69. The van der Waals surface area contributed by atoms with E-state index in [1.54, 1.807) is 6.26 Å². The van der Waals surface area contributed by atoms with Gasteiger partial charge in [0.1, 0.15) is 12.1 Å². The molecule has 27 heavy (non-hydrogen) atoms. The normalized spacial score (nSPS) is 18.1. The van der Waals surface area contributed by atoms with Gasteiger partial charge in [0.15, 0.2) is 11.8 Å². The van der Waals surface area contributed by atoms with Crippen LogP contribution in [0.3, 0.4) is 0 Å². The number of hydrogen-bond acceptors (Lipinski definition) is 6. The van der Waals surface area contributed by atoms with E-state index in [1.807, 2.05) is 13.1 Å². The molecule has 0 amide bonds. The highest BCUT2D eigenvalue weighted by Gasteiger charge is 2.21. The Kier molecular flexibility index (Phi) is 7.05. The van der Waals surface area contributed by atoms with Crippen molar-refractivity contribution in [1.29, 1.82) is 0 Å². The number of fused-ring (bicyclic) bond motifs is 1. The summed E-state index contributed by atoms with van der Waals surface area (Å²) < 4.78 is 7.16. The molecule has 2 aliphatic heterocycles. The quantitative estimate of drug-likeness (QED) is 0.394. The molecule has 148 valence electrons. The summed E-state index contributed by atoms with van der Waals surface area (Å²) in [5.41, 5.74) is 0.984. The molecule has 0 bridgehead atoms. The number of aromatic nitrogens is 4. The van der Waals surface area contributed by atoms with Crippen LogP contribution in [-0.4, -0.2) is 68.9 Å². The van der Waals surface area contributed by atoms with Crippen molar-refractivity contribution in [2.75, 3.05) is 33.2 Å². The van der Waals surface area contributed by atoms with Gasteiger partial charge in [-0.15, -0.1) is 34.2 Å². The fourth-order valence-electron chi connectivity index (χ4n) is 3.66. The van der Waals surface area contributed by atoms with E-state index < -0.39 is 0 Å². The number of nitrogens with one attached hydrogen (secondary N) is 1. The van der Waals surface area contributed by atoms with Crippen molar-refractivity contribution >= 4 is 29.9 Å². The largest absolute Gasteiger partial charge is 0.364 e. The first-order valence-electron chi connectivity index (χ1n) is 9.31. The molecule has 2 aliphatic rings. The van der Waals surface area contributed by atoms with Gasteiger partial charge in [0.25, 0.3) is 0 Å². The molecule has 1 saturated heterocycles. The lowest BCUT2D eigenvalue weighted by atomic mass is 10.2. The summed E-state index contributed by atoms with van der Waals surface area (Å²) in [6.45, 7) is 6.37. The van der Waals surface area contributed by atoms with E-state index >= 15 is 0 Å². The number of piperazine rings is 1. The zero-order valence-electron chi connectivity index (χ0n) is 15.7. The molecule has 0 aliphatic carbocycles. The fraction of sp³-hybridized carbons (Fsp3) is 0.647. The van der Waals surface area contributed by atoms with Crippen LogP contribution in [0.15, 0.2) is 21.8 Å². The maximum Gasteiger partial charge on any atom is 0.194 e. The Balaban J connectivity index is 0.00000210. The van der Waals surface area contributed by atoms with Crippen LogP contribution in [0, 0.1) is 0 Å². The van der Waals surface area contributed by atoms with Gasteiger partial charge in [0.2, 0.25) is 0 Å². The average Bonchev–Trinajstić information content (AvgIpc) is 3.33. The molecule has 1 N–H and O–H groups in total. The summed E-state index contributed by atoms with van der Waals surface area (Å²) in [6, 6.07) is 1.92. The number of aliphatic imine (C=N–C) groups is 1. The number of guanidine groups is 1. The van der Waals surface area contributed by atoms with Gasteiger partial charge in [-0.1, -0.05) is 5.16 Å². The molecule has 2 aromatic heterocycles. The predicted octanol–water partition coefficient (Wildman–Crippen LogP) is 1.11. The zero-order valence-corrected chi connectivity index (χ0v) is 18.0. The van der Waals surface area contributed by atoms with Crippen molar-refractivity contribution in [1.82, 2.24) is 35.0 Å². The lowest BCUT2D eigenvalue weighted by Crippen LogP contribution is -2.52. The molecular formula is C17H27IN8O. The van der Waals surface area contributed by atoms with Crippen LogP contribution in [0.1, 0.15) is 30.2 Å². The molecule has 10 heteroatoms. The summed E-state index contributed by atoms with van der Waals surface area (Å²) in [6.07, 6.45) is 5.09. The van der Waals surface area contributed by atoms with Gasteiger partial charge in [-0.25, -0.2) is 0 Å². The van der Waals surface area contributed by atoms with E-state index in [-0.39, 0.29) is 24.0 Å². The topological polar surface area (TPSA) is 87.6 Å². The lowest BCUT2D eigenvalue weighted by molar-refractivity contribution is 0.169. The molecule has 0 unspecified atom stereocenters. The maximum atomic E-state index is 4.91. The average molecular weight is 486 g/mol. The Morgan fingerprint density at radius 1 is 1.19 bits per heavy atom. The second-order valence-corrected chi connectivity index (χ2v) is 6.80. The van der Waals surface area contributed by atoms with Crippen LogP contribution in [-0.2, 0) is 26.1 Å². The van der Waals surface area contributed by atoms with Crippen molar-refractivity contribution < 1.29 is 4.52 Å². The standard InChI is InChI=1S/C17H26N8O.HI/c1-18-17(19-12-16-21-20-15-4-2-3-6-25(15)16)24-9-7-23(8-10-24)13-14-5-11-26-22-14;/h5,11H,2-4,6-10,12-13H2,1H3,(H,18,19);1H. The molecule has 0 radical (unpaired) electrons. The van der Waals surface area contributed by atoms with Crippen molar-refractivity contribution in [3.8, 4) is 0 Å². The fourth-order valence-corrected chi connectivity index (χ4v) is 3.66. The molecule has 4 heterocycles. The van der Waals surface area contributed by atoms with E-state index in [1.165, 1.54) is 12.8 Å². The first-order chi connectivity index (χ1) is 12.8. The Labute approximate surface area is 176 Å². The molecule has 0 spiro atoms. The maximum absolute atomic E-state index is 4.91. The third kappa shape index (κ3) is 4.78. The minimum Gasteiger partial charge on any atom is -0.364 e. The number of aryl methyl sites for hydroxylation is 1. The molecule has 0 atom stereocenters. The second-order valence-electron chi connectivity index (χ2n) is 6.80. The van der Waals surface area contributed by atoms with Crippen LogP contribution < -0.4 is 5.32 Å². The van der Waals surface area contributed by atoms with Crippen molar-refractivity contribution in [3.63, 3.8) is 0 Å². The highest BCUT2D eigenvalue weighted by molar-refractivity contribution is 14.0. The number of nitrogens with zero attached hydrogens (tertiary/aromatic N) is 7. The second kappa shape index (κ2) is 9.49. The number of hydrogen-bond donors (Lipinski definition) is 1. The van der Waals surface area contributed by atoms with Crippen molar-refractivity contribution in [2.24, 2.45) is 4.99 Å². The van der Waals surface area contributed by atoms with E-state index in [9.17, 15) is 0 Å². The highest BCUT2D eigenvalue weighted by atomic mass is 127. The Morgan fingerprint density at radius 3 is 2.78 bits per heavy atom. The number of halogens is 1. The molecule has 0 saturated carbocycles. The van der Waals surface area contributed by atoms with Gasteiger partial charge < -0.3 is 19.3 Å². The lowest BCUT2D eigenvalue weighted by Gasteiger charge is -2.36. The summed E-state index contributed by atoms with van der Waals surface area (Å²) in [5, 5.41) is 16.1. The van der Waals surface area contributed by atoms with Crippen LogP contribution in [0.4, 0.5) is 0 Å². The summed E-state index contributed by atoms with van der Waals surface area (Å²) in [5.74, 6) is 3.05. The predicted molar refractivity (Wildman–Crippen MR) is 112 cm³/mol. The summed E-state index contributed by atoms with van der Waals surface area (Å²) in [7, 11) is 1.84. The smallest absolute Gasteiger partial charge is 0.194 e. The van der Waals surface area contributed by atoms with Gasteiger partial charge in [0, 0.05) is 58.8 Å². The van der Waals surface area contributed by atoms with Gasteiger partial charge >= 0.3 is 0 Å². The molecule has 1 fully saturated rings. The third-order valence-electron chi connectivity index (χ3n) is 5.10. The molecular weight excluding hydrogens is 459 g/mol. The van der Waals surface area contributed by atoms with Crippen LogP contribution >= 0.6 is 24.0 Å². The van der Waals surface area contributed by atoms with Gasteiger partial charge in [-0.05, 0) is 12.8 Å².